The Bertz CT molecular complexity index is 799. The van der Waals surface area contributed by atoms with Gasteiger partial charge in [0.1, 0.15) is 0 Å². The minimum absolute atomic E-state index is 0.687. The Morgan fingerprint density at radius 2 is 0.958 bits per heavy atom. The molecule has 24 heavy (non-hydrogen) atoms. The molecule has 0 aliphatic carbocycles. The van der Waals surface area contributed by atoms with E-state index in [2.05, 4.69) is 38.1 Å². The average molecular weight is 310 g/mol. The normalized spacial score (nSPS) is 10.5. The molecule has 114 valence electrons. The molecule has 0 saturated carbocycles. The standard InChI is InChI=1S/C20H14N4/c1-3-8-21-18(6-1)15-12-16(19-7-2-4-9-22-19)14-17(13-15)20-23-10-5-11-24-20/h1-14H. The van der Waals surface area contributed by atoms with Crippen molar-refractivity contribution in [2.75, 3.05) is 0 Å². The second-order valence-electron chi connectivity index (χ2n) is 5.30. The number of nitrogens with zero attached hydrogens (tertiary/aromatic N) is 4. The van der Waals surface area contributed by atoms with E-state index < -0.39 is 0 Å². The molecule has 3 aromatic heterocycles. The maximum Gasteiger partial charge on any atom is 0.159 e. The van der Waals surface area contributed by atoms with E-state index >= 15 is 0 Å². The van der Waals surface area contributed by atoms with Crippen molar-refractivity contribution in [2.45, 2.75) is 0 Å². The highest BCUT2D eigenvalue weighted by atomic mass is 14.8. The van der Waals surface area contributed by atoms with Crippen molar-refractivity contribution in [1.82, 2.24) is 19.9 Å². The molecule has 0 bridgehead atoms. The lowest BCUT2D eigenvalue weighted by Crippen LogP contribution is -1.91. The third kappa shape index (κ3) is 2.90. The first kappa shape index (κ1) is 14.2. The van der Waals surface area contributed by atoms with Crippen molar-refractivity contribution in [3.8, 4) is 33.9 Å². The SMILES string of the molecule is c1ccc(-c2cc(-c3ccccn3)cc(-c3ncccn3)c2)nc1. The zero-order valence-electron chi connectivity index (χ0n) is 12.9. The molecular weight excluding hydrogens is 296 g/mol. The number of hydrogen-bond donors (Lipinski definition) is 0. The fraction of sp³-hybridized carbons (Fsp3) is 0. The highest BCUT2D eigenvalue weighted by molar-refractivity contribution is 5.76. The largest absolute Gasteiger partial charge is 0.256 e. The minimum atomic E-state index is 0.687. The molecule has 4 aromatic rings. The summed E-state index contributed by atoms with van der Waals surface area (Å²) in [4.78, 5) is 17.6. The Hall–Kier alpha value is -3.40. The second-order valence-corrected chi connectivity index (χ2v) is 5.30. The van der Waals surface area contributed by atoms with Crippen LogP contribution in [0.25, 0.3) is 33.9 Å². The van der Waals surface area contributed by atoms with Crippen LogP contribution in [0.3, 0.4) is 0 Å². The van der Waals surface area contributed by atoms with Gasteiger partial charge in [0.25, 0.3) is 0 Å². The molecular formula is C20H14N4. The topological polar surface area (TPSA) is 51.6 Å². The van der Waals surface area contributed by atoms with Gasteiger partial charge in [-0.15, -0.1) is 0 Å². The molecule has 0 spiro atoms. The average Bonchev–Trinajstić information content (AvgIpc) is 2.70. The second kappa shape index (κ2) is 6.38. The zero-order chi connectivity index (χ0) is 16.2. The van der Waals surface area contributed by atoms with Gasteiger partial charge < -0.3 is 0 Å². The summed E-state index contributed by atoms with van der Waals surface area (Å²) < 4.78 is 0. The molecule has 4 heteroatoms. The molecule has 0 fully saturated rings. The molecule has 0 unspecified atom stereocenters. The number of rotatable bonds is 3. The quantitative estimate of drug-likeness (QED) is 0.567. The summed E-state index contributed by atoms with van der Waals surface area (Å²) in [5.41, 5.74) is 4.79. The first-order chi connectivity index (χ1) is 11.9. The van der Waals surface area contributed by atoms with Crippen LogP contribution >= 0.6 is 0 Å². The highest BCUT2D eigenvalue weighted by Gasteiger charge is 2.09. The Morgan fingerprint density at radius 1 is 0.458 bits per heavy atom. The summed E-state index contributed by atoms with van der Waals surface area (Å²) in [6, 6.07) is 19.8. The molecule has 0 aliphatic heterocycles. The number of aromatic nitrogens is 4. The molecule has 4 rings (SSSR count). The van der Waals surface area contributed by atoms with Crippen molar-refractivity contribution < 1.29 is 0 Å². The summed E-state index contributed by atoms with van der Waals surface area (Å²) in [6.07, 6.45) is 7.08. The van der Waals surface area contributed by atoms with Crippen molar-refractivity contribution in [3.63, 3.8) is 0 Å². The Kier molecular flexibility index (Phi) is 3.78. The summed E-state index contributed by atoms with van der Waals surface area (Å²) in [5.74, 6) is 0.687. The van der Waals surface area contributed by atoms with Crippen LogP contribution in [0.5, 0.6) is 0 Å². The van der Waals surface area contributed by atoms with Crippen molar-refractivity contribution in [2.24, 2.45) is 0 Å². The van der Waals surface area contributed by atoms with E-state index in [1.54, 1.807) is 24.8 Å². The van der Waals surface area contributed by atoms with Crippen LogP contribution in [0.2, 0.25) is 0 Å². The fourth-order valence-electron chi connectivity index (χ4n) is 2.57. The monoisotopic (exact) mass is 310 g/mol. The van der Waals surface area contributed by atoms with Crippen molar-refractivity contribution >= 4 is 0 Å². The lowest BCUT2D eigenvalue weighted by molar-refractivity contribution is 1.17. The van der Waals surface area contributed by atoms with Gasteiger partial charge >= 0.3 is 0 Å². The van der Waals surface area contributed by atoms with Crippen LogP contribution in [0.15, 0.2) is 85.5 Å². The Morgan fingerprint density at radius 3 is 1.46 bits per heavy atom. The van der Waals surface area contributed by atoms with E-state index in [0.29, 0.717) is 5.82 Å². The van der Waals surface area contributed by atoms with Gasteiger partial charge in [0.2, 0.25) is 0 Å². The predicted molar refractivity (Wildman–Crippen MR) is 93.9 cm³/mol. The maximum absolute atomic E-state index is 4.46. The van der Waals surface area contributed by atoms with Crippen molar-refractivity contribution in [1.29, 1.82) is 0 Å². The molecule has 3 heterocycles. The van der Waals surface area contributed by atoms with E-state index in [1.807, 2.05) is 42.5 Å². The van der Waals surface area contributed by atoms with Crippen molar-refractivity contribution in [3.05, 3.63) is 85.5 Å². The number of benzene rings is 1. The molecule has 4 nitrogen and oxygen atoms in total. The van der Waals surface area contributed by atoms with Crippen LogP contribution in [0, 0.1) is 0 Å². The molecule has 0 radical (unpaired) electrons. The van der Waals surface area contributed by atoms with Crippen LogP contribution in [-0.4, -0.2) is 19.9 Å². The van der Waals surface area contributed by atoms with Gasteiger partial charge in [-0.25, -0.2) is 9.97 Å². The van der Waals surface area contributed by atoms with Crippen LogP contribution in [0.4, 0.5) is 0 Å². The summed E-state index contributed by atoms with van der Waals surface area (Å²) in [5, 5.41) is 0. The first-order valence-corrected chi connectivity index (χ1v) is 7.65. The van der Waals surface area contributed by atoms with Gasteiger partial charge in [0.15, 0.2) is 5.82 Å². The maximum atomic E-state index is 4.46. The first-order valence-electron chi connectivity index (χ1n) is 7.65. The van der Waals surface area contributed by atoms with E-state index in [1.165, 1.54) is 0 Å². The highest BCUT2D eigenvalue weighted by Crippen LogP contribution is 2.29. The zero-order valence-corrected chi connectivity index (χ0v) is 12.9. The van der Waals surface area contributed by atoms with Crippen LogP contribution < -0.4 is 0 Å². The van der Waals surface area contributed by atoms with E-state index in [4.69, 9.17) is 0 Å². The van der Waals surface area contributed by atoms with Gasteiger partial charge in [0, 0.05) is 41.5 Å². The van der Waals surface area contributed by atoms with Gasteiger partial charge in [-0.3, -0.25) is 9.97 Å². The minimum Gasteiger partial charge on any atom is -0.256 e. The van der Waals surface area contributed by atoms with Crippen LogP contribution in [0.1, 0.15) is 0 Å². The summed E-state index contributed by atoms with van der Waals surface area (Å²) >= 11 is 0. The number of pyridine rings is 2. The predicted octanol–water partition coefficient (Wildman–Crippen LogP) is 4.27. The number of hydrogen-bond acceptors (Lipinski definition) is 4. The smallest absolute Gasteiger partial charge is 0.159 e. The van der Waals surface area contributed by atoms with E-state index in [9.17, 15) is 0 Å². The van der Waals surface area contributed by atoms with Gasteiger partial charge in [0.05, 0.1) is 11.4 Å². The van der Waals surface area contributed by atoms with Gasteiger partial charge in [-0.05, 0) is 48.5 Å². The van der Waals surface area contributed by atoms with E-state index in [-0.39, 0.29) is 0 Å². The molecule has 1 aromatic carbocycles. The van der Waals surface area contributed by atoms with Gasteiger partial charge in [-0.2, -0.15) is 0 Å². The summed E-state index contributed by atoms with van der Waals surface area (Å²) in [7, 11) is 0. The lowest BCUT2D eigenvalue weighted by Gasteiger charge is -2.09. The lowest BCUT2D eigenvalue weighted by atomic mass is 10.0. The molecule has 0 saturated heterocycles. The third-order valence-electron chi connectivity index (χ3n) is 3.68. The molecule has 0 N–H and O–H groups in total. The Balaban J connectivity index is 1.92. The van der Waals surface area contributed by atoms with Crippen LogP contribution in [-0.2, 0) is 0 Å². The van der Waals surface area contributed by atoms with E-state index in [0.717, 1.165) is 28.1 Å². The summed E-state index contributed by atoms with van der Waals surface area (Å²) in [6.45, 7) is 0. The van der Waals surface area contributed by atoms with Gasteiger partial charge in [-0.1, -0.05) is 12.1 Å². The molecule has 0 amide bonds. The molecule has 0 aliphatic rings. The molecule has 0 atom stereocenters. The Labute approximate surface area is 139 Å². The fourth-order valence-corrected chi connectivity index (χ4v) is 2.57. The third-order valence-corrected chi connectivity index (χ3v) is 3.68.